The highest BCUT2D eigenvalue weighted by atomic mass is 16.4. The quantitative estimate of drug-likeness (QED) is 0.518. The molecule has 3 heterocycles. The summed E-state index contributed by atoms with van der Waals surface area (Å²) in [6.45, 7) is 3.04. The van der Waals surface area contributed by atoms with Crippen molar-refractivity contribution in [3.8, 4) is 0 Å². The predicted molar refractivity (Wildman–Crippen MR) is 109 cm³/mol. The summed E-state index contributed by atoms with van der Waals surface area (Å²) < 4.78 is 7.79. The van der Waals surface area contributed by atoms with Crippen LogP contribution in [0.1, 0.15) is 21.5 Å². The van der Waals surface area contributed by atoms with Crippen molar-refractivity contribution < 1.29 is 9.21 Å². The first-order chi connectivity index (χ1) is 14.5. The highest BCUT2D eigenvalue weighted by molar-refractivity contribution is 5.93. The van der Waals surface area contributed by atoms with Gasteiger partial charge in [0.1, 0.15) is 18.0 Å². The van der Waals surface area contributed by atoms with Crippen molar-refractivity contribution in [2.45, 2.75) is 20.0 Å². The molecule has 0 radical (unpaired) electrons. The molecule has 0 spiro atoms. The summed E-state index contributed by atoms with van der Waals surface area (Å²) in [5.41, 5.74) is 2.18. The first kappa shape index (κ1) is 19.3. The molecule has 0 fully saturated rings. The van der Waals surface area contributed by atoms with Crippen LogP contribution in [0.5, 0.6) is 0 Å². The SMILES string of the molecule is Cc1ccc(Cn2cnc3c(cnn3CCNC(=O)c3ccc(=O)oc3)c2=O)cc1. The molecule has 152 valence electrons. The Morgan fingerprint density at radius 1 is 1.13 bits per heavy atom. The zero-order valence-corrected chi connectivity index (χ0v) is 16.2. The van der Waals surface area contributed by atoms with Crippen LogP contribution in [0.2, 0.25) is 0 Å². The second-order valence-electron chi connectivity index (χ2n) is 6.87. The fourth-order valence-electron chi connectivity index (χ4n) is 3.03. The molecule has 30 heavy (non-hydrogen) atoms. The van der Waals surface area contributed by atoms with Gasteiger partial charge < -0.3 is 9.73 Å². The van der Waals surface area contributed by atoms with Gasteiger partial charge in [-0.3, -0.25) is 14.2 Å². The van der Waals surface area contributed by atoms with Crippen LogP contribution < -0.4 is 16.5 Å². The number of aryl methyl sites for hydroxylation is 1. The number of amides is 1. The van der Waals surface area contributed by atoms with Crippen molar-refractivity contribution >= 4 is 16.9 Å². The van der Waals surface area contributed by atoms with Crippen LogP contribution in [-0.4, -0.2) is 31.8 Å². The number of nitrogens with zero attached hydrogens (tertiary/aromatic N) is 4. The van der Waals surface area contributed by atoms with E-state index in [0.29, 0.717) is 24.1 Å². The number of carbonyl (C=O) groups excluding carboxylic acids is 1. The van der Waals surface area contributed by atoms with Crippen LogP contribution in [0.15, 0.2) is 69.2 Å². The molecule has 1 amide bonds. The number of benzene rings is 1. The summed E-state index contributed by atoms with van der Waals surface area (Å²) in [6, 6.07) is 10.5. The standard InChI is InChI=1S/C21H19N5O4/c1-14-2-4-15(5-3-14)11-25-13-23-19-17(21(25)29)10-24-26(19)9-8-22-20(28)16-6-7-18(27)30-12-16/h2-7,10,12-13H,8-9,11H2,1H3,(H,22,28). The molecule has 4 rings (SSSR count). The summed E-state index contributed by atoms with van der Waals surface area (Å²) in [5, 5.41) is 7.36. The minimum atomic E-state index is -0.520. The predicted octanol–water partition coefficient (Wildman–Crippen LogP) is 1.33. The van der Waals surface area contributed by atoms with Gasteiger partial charge >= 0.3 is 5.63 Å². The van der Waals surface area contributed by atoms with E-state index in [1.54, 1.807) is 9.25 Å². The molecule has 4 aromatic rings. The minimum absolute atomic E-state index is 0.171. The Kier molecular flexibility index (Phi) is 5.25. The van der Waals surface area contributed by atoms with Gasteiger partial charge in [0.05, 0.1) is 24.8 Å². The minimum Gasteiger partial charge on any atom is -0.430 e. The lowest BCUT2D eigenvalue weighted by Crippen LogP contribution is -2.28. The van der Waals surface area contributed by atoms with Crippen LogP contribution in [0.4, 0.5) is 0 Å². The van der Waals surface area contributed by atoms with Gasteiger partial charge in [-0.2, -0.15) is 5.10 Å². The van der Waals surface area contributed by atoms with E-state index in [2.05, 4.69) is 19.8 Å². The second-order valence-corrected chi connectivity index (χ2v) is 6.87. The fourth-order valence-corrected chi connectivity index (χ4v) is 3.03. The summed E-state index contributed by atoms with van der Waals surface area (Å²) in [5.74, 6) is -0.372. The van der Waals surface area contributed by atoms with Crippen molar-refractivity contribution in [1.29, 1.82) is 0 Å². The molecule has 0 aliphatic carbocycles. The van der Waals surface area contributed by atoms with Crippen LogP contribution in [0.25, 0.3) is 11.0 Å². The largest absolute Gasteiger partial charge is 0.430 e. The maximum atomic E-state index is 12.8. The maximum Gasteiger partial charge on any atom is 0.335 e. The van der Waals surface area contributed by atoms with Crippen molar-refractivity contribution in [1.82, 2.24) is 24.6 Å². The molecule has 0 aliphatic rings. The van der Waals surface area contributed by atoms with E-state index < -0.39 is 5.63 Å². The molecule has 0 atom stereocenters. The van der Waals surface area contributed by atoms with Crippen LogP contribution in [-0.2, 0) is 13.1 Å². The number of aromatic nitrogens is 4. The molecule has 0 saturated heterocycles. The Morgan fingerprint density at radius 3 is 2.67 bits per heavy atom. The Labute approximate surface area is 170 Å². The first-order valence-corrected chi connectivity index (χ1v) is 9.35. The highest BCUT2D eigenvalue weighted by Gasteiger charge is 2.11. The van der Waals surface area contributed by atoms with Crippen molar-refractivity contribution in [3.05, 3.63) is 92.6 Å². The van der Waals surface area contributed by atoms with Gasteiger partial charge in [-0.1, -0.05) is 29.8 Å². The topological polar surface area (TPSA) is 112 Å². The van der Waals surface area contributed by atoms with Crippen molar-refractivity contribution in [3.63, 3.8) is 0 Å². The van der Waals surface area contributed by atoms with Gasteiger partial charge in [0.25, 0.3) is 11.5 Å². The molecule has 3 aromatic heterocycles. The molecular weight excluding hydrogens is 386 g/mol. The lowest BCUT2D eigenvalue weighted by Gasteiger charge is -2.08. The van der Waals surface area contributed by atoms with E-state index >= 15 is 0 Å². The number of hydrogen-bond donors (Lipinski definition) is 1. The van der Waals surface area contributed by atoms with Gasteiger partial charge in [0.2, 0.25) is 0 Å². The maximum absolute atomic E-state index is 12.8. The van der Waals surface area contributed by atoms with E-state index in [1.807, 2.05) is 31.2 Å². The third kappa shape index (κ3) is 4.04. The second kappa shape index (κ2) is 8.16. The Bertz CT molecular complexity index is 1300. The van der Waals surface area contributed by atoms with E-state index in [-0.39, 0.29) is 23.6 Å². The Morgan fingerprint density at radius 2 is 1.93 bits per heavy atom. The normalized spacial score (nSPS) is 11.0. The Balaban J connectivity index is 1.45. The number of fused-ring (bicyclic) bond motifs is 1. The lowest BCUT2D eigenvalue weighted by molar-refractivity contribution is 0.0949. The Hall–Kier alpha value is -4.01. The fraction of sp³-hybridized carbons (Fsp3) is 0.190. The molecule has 1 N–H and O–H groups in total. The zero-order chi connectivity index (χ0) is 21.1. The van der Waals surface area contributed by atoms with Gasteiger partial charge in [-0.15, -0.1) is 0 Å². The van der Waals surface area contributed by atoms with Gasteiger partial charge in [-0.05, 0) is 18.6 Å². The van der Waals surface area contributed by atoms with Gasteiger partial charge in [0, 0.05) is 12.6 Å². The van der Waals surface area contributed by atoms with Crippen LogP contribution in [0, 0.1) is 6.92 Å². The van der Waals surface area contributed by atoms with Gasteiger partial charge in [-0.25, -0.2) is 14.5 Å². The lowest BCUT2D eigenvalue weighted by atomic mass is 10.1. The smallest absolute Gasteiger partial charge is 0.335 e. The molecule has 1 aromatic carbocycles. The van der Waals surface area contributed by atoms with Crippen LogP contribution in [0.3, 0.4) is 0 Å². The zero-order valence-electron chi connectivity index (χ0n) is 16.2. The molecular formula is C21H19N5O4. The summed E-state index contributed by atoms with van der Waals surface area (Å²) in [7, 11) is 0. The monoisotopic (exact) mass is 405 g/mol. The van der Waals surface area contributed by atoms with E-state index in [1.165, 1.54) is 24.7 Å². The molecule has 9 nitrogen and oxygen atoms in total. The molecule has 0 aliphatic heterocycles. The van der Waals surface area contributed by atoms with E-state index in [9.17, 15) is 14.4 Å². The molecule has 0 saturated carbocycles. The van der Waals surface area contributed by atoms with Crippen LogP contribution >= 0.6 is 0 Å². The summed E-state index contributed by atoms with van der Waals surface area (Å²) in [6.07, 6.45) is 4.11. The average molecular weight is 405 g/mol. The molecule has 0 bridgehead atoms. The third-order valence-electron chi connectivity index (χ3n) is 4.67. The number of carbonyl (C=O) groups is 1. The van der Waals surface area contributed by atoms with E-state index in [0.717, 1.165) is 17.4 Å². The summed E-state index contributed by atoms with van der Waals surface area (Å²) >= 11 is 0. The number of rotatable bonds is 6. The van der Waals surface area contributed by atoms with Crippen molar-refractivity contribution in [2.75, 3.05) is 6.54 Å². The highest BCUT2D eigenvalue weighted by Crippen LogP contribution is 2.08. The average Bonchev–Trinajstić information content (AvgIpc) is 3.16. The molecule has 9 heteroatoms. The van der Waals surface area contributed by atoms with Crippen molar-refractivity contribution in [2.24, 2.45) is 0 Å². The number of hydrogen-bond acceptors (Lipinski definition) is 6. The summed E-state index contributed by atoms with van der Waals surface area (Å²) in [4.78, 5) is 40.2. The van der Waals surface area contributed by atoms with Gasteiger partial charge in [0.15, 0.2) is 5.65 Å². The first-order valence-electron chi connectivity index (χ1n) is 9.35. The molecule has 0 unspecified atom stereocenters. The number of nitrogens with one attached hydrogen (secondary N) is 1. The third-order valence-corrected chi connectivity index (χ3v) is 4.67. The van der Waals surface area contributed by atoms with E-state index in [4.69, 9.17) is 0 Å².